The molecule has 0 aliphatic heterocycles. The zero-order valence-corrected chi connectivity index (χ0v) is 37.3. The molecule has 318 valence electrons. The number of para-hydroxylation sites is 3. The second-order valence-electron chi connectivity index (χ2n) is 17.6. The van der Waals surface area contributed by atoms with Gasteiger partial charge in [0, 0.05) is 39.1 Å². The molecule has 0 saturated heterocycles. The van der Waals surface area contributed by atoms with Gasteiger partial charge >= 0.3 is 0 Å². The van der Waals surface area contributed by atoms with Crippen LogP contribution in [-0.2, 0) is 0 Å². The van der Waals surface area contributed by atoms with Crippen LogP contribution in [0.1, 0.15) is 0 Å². The van der Waals surface area contributed by atoms with Gasteiger partial charge in [0.1, 0.15) is 0 Å². The van der Waals surface area contributed by atoms with Crippen LogP contribution < -0.4 is 4.90 Å². The van der Waals surface area contributed by atoms with Gasteiger partial charge in [-0.3, -0.25) is 0 Å². The van der Waals surface area contributed by atoms with Gasteiger partial charge in [-0.25, -0.2) is 0 Å². The van der Waals surface area contributed by atoms with E-state index in [-0.39, 0.29) is 0 Å². The molecule has 0 bridgehead atoms. The predicted molar refractivity (Wildman–Crippen MR) is 290 cm³/mol. The molecular formula is C66H44N2. The molecule has 0 aliphatic carbocycles. The van der Waals surface area contributed by atoms with Crippen LogP contribution in [-0.4, -0.2) is 4.57 Å². The molecule has 0 atom stereocenters. The van der Waals surface area contributed by atoms with Crippen LogP contribution in [0.25, 0.3) is 104 Å². The maximum absolute atomic E-state index is 2.44. The molecule has 2 heteroatoms. The first-order chi connectivity index (χ1) is 33.7. The van der Waals surface area contributed by atoms with Gasteiger partial charge in [-0.05, 0) is 132 Å². The fourth-order valence-electron chi connectivity index (χ4n) is 10.7. The number of anilines is 3. The lowest BCUT2D eigenvalue weighted by Gasteiger charge is -2.26. The summed E-state index contributed by atoms with van der Waals surface area (Å²) in [6.07, 6.45) is 0. The van der Waals surface area contributed by atoms with E-state index >= 15 is 0 Å². The summed E-state index contributed by atoms with van der Waals surface area (Å²) < 4.78 is 2.44. The minimum absolute atomic E-state index is 1.08. The first-order valence-electron chi connectivity index (χ1n) is 23.4. The average Bonchev–Trinajstić information content (AvgIpc) is 3.76. The Morgan fingerprint density at radius 2 is 0.794 bits per heavy atom. The Labute approximate surface area is 395 Å². The van der Waals surface area contributed by atoms with Crippen LogP contribution in [0.4, 0.5) is 17.1 Å². The average molecular weight is 865 g/mol. The summed E-state index contributed by atoms with van der Waals surface area (Å²) in [7, 11) is 0. The second kappa shape index (κ2) is 16.5. The Morgan fingerprint density at radius 3 is 1.54 bits per heavy atom. The fourth-order valence-corrected chi connectivity index (χ4v) is 10.7. The molecule has 68 heavy (non-hydrogen) atoms. The molecule has 1 aromatic heterocycles. The van der Waals surface area contributed by atoms with Gasteiger partial charge in [0.15, 0.2) is 0 Å². The summed E-state index contributed by atoms with van der Waals surface area (Å²) in [4.78, 5) is 2.39. The van der Waals surface area contributed by atoms with Crippen molar-refractivity contribution in [2.45, 2.75) is 0 Å². The molecule has 13 rings (SSSR count). The van der Waals surface area contributed by atoms with Gasteiger partial charge in [0.2, 0.25) is 0 Å². The normalized spacial score (nSPS) is 11.5. The molecule has 12 aromatic carbocycles. The summed E-state index contributed by atoms with van der Waals surface area (Å²) in [5.74, 6) is 0. The Bertz CT molecular complexity index is 3990. The Kier molecular flexibility index (Phi) is 9.54. The van der Waals surface area contributed by atoms with Gasteiger partial charge in [0.25, 0.3) is 0 Å². The van der Waals surface area contributed by atoms with Crippen molar-refractivity contribution in [1.82, 2.24) is 4.57 Å². The zero-order valence-electron chi connectivity index (χ0n) is 37.3. The molecule has 0 fully saturated rings. The van der Waals surface area contributed by atoms with Gasteiger partial charge in [-0.1, -0.05) is 206 Å². The van der Waals surface area contributed by atoms with Gasteiger partial charge in [-0.2, -0.15) is 0 Å². The molecule has 0 saturated carbocycles. The first kappa shape index (κ1) is 39.4. The highest BCUT2D eigenvalue weighted by atomic mass is 15.1. The lowest BCUT2D eigenvalue weighted by molar-refractivity contribution is 1.18. The van der Waals surface area contributed by atoms with Crippen molar-refractivity contribution < 1.29 is 0 Å². The Hall–Kier alpha value is -8.98. The van der Waals surface area contributed by atoms with E-state index in [1.807, 2.05) is 0 Å². The maximum atomic E-state index is 2.44. The third-order valence-electron chi connectivity index (χ3n) is 13.8. The van der Waals surface area contributed by atoms with Crippen LogP contribution in [0.3, 0.4) is 0 Å². The monoisotopic (exact) mass is 864 g/mol. The fraction of sp³-hybridized carbons (Fsp3) is 0. The van der Waals surface area contributed by atoms with Gasteiger partial charge in [0.05, 0.1) is 11.0 Å². The molecule has 0 N–H and O–H groups in total. The van der Waals surface area contributed by atoms with E-state index in [1.165, 1.54) is 98.6 Å². The highest BCUT2D eigenvalue weighted by Gasteiger charge is 2.20. The van der Waals surface area contributed by atoms with Gasteiger partial charge < -0.3 is 9.47 Å². The molecule has 1 heterocycles. The quantitative estimate of drug-likeness (QED) is 0.138. The lowest BCUT2D eigenvalue weighted by Crippen LogP contribution is -2.10. The minimum atomic E-state index is 1.08. The lowest BCUT2D eigenvalue weighted by atomic mass is 9.90. The molecule has 2 nitrogen and oxygen atoms in total. The second-order valence-corrected chi connectivity index (χ2v) is 17.6. The standard InChI is InChI=1S/C66H44N2/c1-3-17-45(18-4-1)49-22-13-25-54(43-49)67(53-41-37-47(38-42-53)63-44-50-19-7-8-26-55(50)57-27-9-10-28-58(57)63)52-39-35-46(36-40-52)56-30-14-20-48-21-15-31-60(65(48)56)62-33-16-32-61-59-29-11-12-34-64(59)68(66(61)62)51-23-5-2-6-24-51/h1-44H. The van der Waals surface area contributed by atoms with Crippen LogP contribution in [0, 0.1) is 0 Å². The number of hydrogen-bond donors (Lipinski definition) is 0. The summed E-state index contributed by atoms with van der Waals surface area (Å²) in [5.41, 5.74) is 16.4. The first-order valence-corrected chi connectivity index (χ1v) is 23.4. The van der Waals surface area contributed by atoms with Crippen molar-refractivity contribution in [1.29, 1.82) is 0 Å². The summed E-state index contributed by atoms with van der Waals surface area (Å²) in [6.45, 7) is 0. The van der Waals surface area contributed by atoms with Crippen molar-refractivity contribution in [3.8, 4) is 50.2 Å². The number of aromatic nitrogens is 1. The number of rotatable bonds is 8. The SMILES string of the molecule is c1ccc(-c2cccc(N(c3ccc(-c4cc5ccccc5c5ccccc45)cc3)c3ccc(-c4cccc5cccc(-c6cccc7c8ccccc8n(-c8ccccc8)c67)c45)cc3)c2)cc1. The smallest absolute Gasteiger partial charge is 0.0619 e. The summed E-state index contributed by atoms with van der Waals surface area (Å²) >= 11 is 0. The summed E-state index contributed by atoms with van der Waals surface area (Å²) in [5, 5.41) is 10.0. The third kappa shape index (κ3) is 6.65. The van der Waals surface area contributed by atoms with Crippen LogP contribution in [0.5, 0.6) is 0 Å². The van der Waals surface area contributed by atoms with E-state index in [0.717, 1.165) is 22.7 Å². The van der Waals surface area contributed by atoms with Gasteiger partial charge in [-0.15, -0.1) is 0 Å². The van der Waals surface area contributed by atoms with E-state index in [2.05, 4.69) is 276 Å². The molecule has 0 unspecified atom stereocenters. The predicted octanol–water partition coefficient (Wildman–Crippen LogP) is 18.4. The number of hydrogen-bond acceptors (Lipinski definition) is 1. The number of fused-ring (bicyclic) bond motifs is 7. The van der Waals surface area contributed by atoms with E-state index in [4.69, 9.17) is 0 Å². The van der Waals surface area contributed by atoms with Crippen molar-refractivity contribution in [3.63, 3.8) is 0 Å². The third-order valence-corrected chi connectivity index (χ3v) is 13.8. The highest BCUT2D eigenvalue weighted by molar-refractivity contribution is 6.18. The van der Waals surface area contributed by atoms with Crippen molar-refractivity contribution in [3.05, 3.63) is 267 Å². The largest absolute Gasteiger partial charge is 0.310 e. The molecule has 0 spiro atoms. The van der Waals surface area contributed by atoms with Crippen molar-refractivity contribution >= 4 is 71.2 Å². The Morgan fingerprint density at radius 1 is 0.265 bits per heavy atom. The van der Waals surface area contributed by atoms with E-state index < -0.39 is 0 Å². The van der Waals surface area contributed by atoms with Crippen molar-refractivity contribution in [2.75, 3.05) is 4.90 Å². The summed E-state index contributed by atoms with van der Waals surface area (Å²) in [6, 6.07) is 97.4. The minimum Gasteiger partial charge on any atom is -0.310 e. The number of benzene rings is 12. The van der Waals surface area contributed by atoms with E-state index in [1.54, 1.807) is 0 Å². The molecule has 13 aromatic rings. The van der Waals surface area contributed by atoms with Crippen LogP contribution in [0.2, 0.25) is 0 Å². The number of nitrogens with zero attached hydrogens (tertiary/aromatic N) is 2. The van der Waals surface area contributed by atoms with E-state index in [0.29, 0.717) is 0 Å². The molecular weight excluding hydrogens is 821 g/mol. The maximum Gasteiger partial charge on any atom is 0.0619 e. The van der Waals surface area contributed by atoms with Crippen molar-refractivity contribution in [2.24, 2.45) is 0 Å². The van der Waals surface area contributed by atoms with Crippen LogP contribution >= 0.6 is 0 Å². The molecule has 0 aliphatic rings. The zero-order chi connectivity index (χ0) is 45.0. The highest BCUT2D eigenvalue weighted by Crippen LogP contribution is 2.45. The Balaban J connectivity index is 0.946. The topological polar surface area (TPSA) is 8.17 Å². The molecule has 0 radical (unpaired) electrons. The van der Waals surface area contributed by atoms with Crippen LogP contribution in [0.15, 0.2) is 267 Å². The molecule has 0 amide bonds. The van der Waals surface area contributed by atoms with E-state index in [9.17, 15) is 0 Å².